The predicted molar refractivity (Wildman–Crippen MR) is 104 cm³/mol. The third-order valence-corrected chi connectivity index (χ3v) is 5.66. The molecular formula is C20H35N5. The van der Waals surface area contributed by atoms with Gasteiger partial charge in [0.1, 0.15) is 0 Å². The van der Waals surface area contributed by atoms with Crippen molar-refractivity contribution in [3.05, 3.63) is 17.8 Å². The summed E-state index contributed by atoms with van der Waals surface area (Å²) in [7, 11) is 0. The zero-order valence-electron chi connectivity index (χ0n) is 16.6. The van der Waals surface area contributed by atoms with Gasteiger partial charge in [-0.05, 0) is 51.9 Å². The van der Waals surface area contributed by atoms with Gasteiger partial charge in [0.15, 0.2) is 5.82 Å². The van der Waals surface area contributed by atoms with Crippen LogP contribution >= 0.6 is 0 Å². The van der Waals surface area contributed by atoms with Gasteiger partial charge in [0.25, 0.3) is 0 Å². The van der Waals surface area contributed by atoms with Crippen LogP contribution in [0.2, 0.25) is 0 Å². The van der Waals surface area contributed by atoms with Crippen LogP contribution in [-0.4, -0.2) is 59.9 Å². The molecular weight excluding hydrogens is 310 g/mol. The number of nitrogens with zero attached hydrogens (tertiary/aromatic N) is 4. The first kappa shape index (κ1) is 18.6. The summed E-state index contributed by atoms with van der Waals surface area (Å²) in [6.45, 7) is 16.9. The molecule has 5 nitrogen and oxygen atoms in total. The average Bonchev–Trinajstić information content (AvgIpc) is 2.53. The first-order valence-corrected chi connectivity index (χ1v) is 9.89. The second-order valence-corrected chi connectivity index (χ2v) is 9.11. The molecule has 0 aliphatic carbocycles. The van der Waals surface area contributed by atoms with Crippen LogP contribution in [0, 0.1) is 5.92 Å². The monoisotopic (exact) mass is 345 g/mol. The highest BCUT2D eigenvalue weighted by Gasteiger charge is 2.29. The minimum atomic E-state index is 0.0675. The Kier molecular flexibility index (Phi) is 5.64. The number of piperidine rings is 1. The van der Waals surface area contributed by atoms with Crippen molar-refractivity contribution < 1.29 is 0 Å². The van der Waals surface area contributed by atoms with Crippen molar-refractivity contribution >= 4 is 5.82 Å². The van der Waals surface area contributed by atoms with E-state index in [1.807, 2.05) is 0 Å². The molecule has 2 aliphatic heterocycles. The summed E-state index contributed by atoms with van der Waals surface area (Å²) in [5.74, 6) is 1.77. The minimum absolute atomic E-state index is 0.0675. The molecule has 0 amide bonds. The van der Waals surface area contributed by atoms with E-state index in [1.54, 1.807) is 0 Å². The lowest BCUT2D eigenvalue weighted by Crippen LogP contribution is -2.53. The molecule has 0 radical (unpaired) electrons. The van der Waals surface area contributed by atoms with E-state index in [2.05, 4.69) is 72.1 Å². The Hall–Kier alpha value is -1.20. The zero-order chi connectivity index (χ0) is 18.0. The molecule has 0 spiro atoms. The van der Waals surface area contributed by atoms with Crippen molar-refractivity contribution in [1.82, 2.24) is 20.4 Å². The molecule has 0 bridgehead atoms. The molecule has 5 heteroatoms. The van der Waals surface area contributed by atoms with Gasteiger partial charge >= 0.3 is 0 Å². The maximum absolute atomic E-state index is 4.43. The molecule has 1 aromatic heterocycles. The van der Waals surface area contributed by atoms with Crippen LogP contribution < -0.4 is 10.2 Å². The summed E-state index contributed by atoms with van der Waals surface area (Å²) < 4.78 is 0. The van der Waals surface area contributed by atoms with Crippen LogP contribution in [0.1, 0.15) is 53.2 Å². The number of aromatic nitrogens is 2. The van der Waals surface area contributed by atoms with Gasteiger partial charge in [-0.15, -0.1) is 5.10 Å². The SMILES string of the molecule is CC(C)N1CCC(NCC2CN(c3ccc(C(C)(C)C)nn3)C2)CC1. The Morgan fingerprint density at radius 3 is 2.32 bits per heavy atom. The van der Waals surface area contributed by atoms with Crippen molar-refractivity contribution in [3.63, 3.8) is 0 Å². The summed E-state index contributed by atoms with van der Waals surface area (Å²) in [5.41, 5.74) is 1.13. The molecule has 2 saturated heterocycles. The van der Waals surface area contributed by atoms with Gasteiger partial charge in [-0.1, -0.05) is 20.8 Å². The summed E-state index contributed by atoms with van der Waals surface area (Å²) in [6, 6.07) is 5.64. The largest absolute Gasteiger partial charge is 0.354 e. The van der Waals surface area contributed by atoms with Crippen molar-refractivity contribution in [2.75, 3.05) is 37.6 Å². The van der Waals surface area contributed by atoms with Crippen molar-refractivity contribution in [2.45, 2.75) is 65.0 Å². The molecule has 2 fully saturated rings. The van der Waals surface area contributed by atoms with Crippen LogP contribution in [0.15, 0.2) is 12.1 Å². The topological polar surface area (TPSA) is 44.3 Å². The van der Waals surface area contributed by atoms with Gasteiger partial charge < -0.3 is 15.1 Å². The summed E-state index contributed by atoms with van der Waals surface area (Å²) in [6.07, 6.45) is 2.57. The van der Waals surface area contributed by atoms with E-state index >= 15 is 0 Å². The Morgan fingerprint density at radius 1 is 1.12 bits per heavy atom. The van der Waals surface area contributed by atoms with Gasteiger partial charge in [-0.25, -0.2) is 0 Å². The lowest BCUT2D eigenvalue weighted by Gasteiger charge is -2.41. The molecule has 0 saturated carbocycles. The molecule has 2 aliphatic rings. The summed E-state index contributed by atoms with van der Waals surface area (Å²) in [4.78, 5) is 4.93. The zero-order valence-corrected chi connectivity index (χ0v) is 16.6. The molecule has 0 unspecified atom stereocenters. The molecule has 140 valence electrons. The fourth-order valence-electron chi connectivity index (χ4n) is 3.73. The summed E-state index contributed by atoms with van der Waals surface area (Å²) >= 11 is 0. The fraction of sp³-hybridized carbons (Fsp3) is 0.800. The Bertz CT molecular complexity index is 534. The van der Waals surface area contributed by atoms with Gasteiger partial charge in [0, 0.05) is 43.1 Å². The molecule has 3 heterocycles. The van der Waals surface area contributed by atoms with Gasteiger partial charge in [0.2, 0.25) is 0 Å². The minimum Gasteiger partial charge on any atom is -0.354 e. The second-order valence-electron chi connectivity index (χ2n) is 9.11. The average molecular weight is 346 g/mol. The first-order chi connectivity index (χ1) is 11.8. The van der Waals surface area contributed by atoms with Crippen LogP contribution in [-0.2, 0) is 5.41 Å². The van der Waals surface area contributed by atoms with Crippen LogP contribution in [0.25, 0.3) is 0 Å². The van der Waals surface area contributed by atoms with Crippen molar-refractivity contribution in [2.24, 2.45) is 5.92 Å². The van der Waals surface area contributed by atoms with E-state index in [0.29, 0.717) is 12.1 Å². The highest BCUT2D eigenvalue weighted by molar-refractivity contribution is 5.41. The lowest BCUT2D eigenvalue weighted by molar-refractivity contribution is 0.158. The number of anilines is 1. The predicted octanol–water partition coefficient (Wildman–Crippen LogP) is 2.67. The van der Waals surface area contributed by atoms with E-state index < -0.39 is 0 Å². The van der Waals surface area contributed by atoms with E-state index in [4.69, 9.17) is 0 Å². The van der Waals surface area contributed by atoms with Gasteiger partial charge in [0.05, 0.1) is 5.69 Å². The molecule has 0 aromatic carbocycles. The molecule has 1 N–H and O–H groups in total. The van der Waals surface area contributed by atoms with Gasteiger partial charge in [-0.2, -0.15) is 5.10 Å². The second kappa shape index (κ2) is 7.58. The van der Waals surface area contributed by atoms with Crippen LogP contribution in [0.5, 0.6) is 0 Å². The number of rotatable bonds is 5. The third-order valence-electron chi connectivity index (χ3n) is 5.66. The van der Waals surface area contributed by atoms with Crippen molar-refractivity contribution in [3.8, 4) is 0 Å². The maximum Gasteiger partial charge on any atom is 0.151 e. The number of nitrogens with one attached hydrogen (secondary N) is 1. The van der Waals surface area contributed by atoms with E-state index in [0.717, 1.165) is 37.1 Å². The van der Waals surface area contributed by atoms with Gasteiger partial charge in [-0.3, -0.25) is 0 Å². The first-order valence-electron chi connectivity index (χ1n) is 9.89. The van der Waals surface area contributed by atoms with Crippen LogP contribution in [0.3, 0.4) is 0 Å². The highest BCUT2D eigenvalue weighted by atomic mass is 15.3. The Balaban J connectivity index is 1.37. The molecule has 1 aromatic rings. The quantitative estimate of drug-likeness (QED) is 0.889. The van der Waals surface area contributed by atoms with Crippen molar-refractivity contribution in [1.29, 1.82) is 0 Å². The lowest BCUT2D eigenvalue weighted by atomic mass is 9.92. The summed E-state index contributed by atoms with van der Waals surface area (Å²) in [5, 5.41) is 12.6. The smallest absolute Gasteiger partial charge is 0.151 e. The number of hydrogen-bond acceptors (Lipinski definition) is 5. The normalized spacial score (nSPS) is 21.0. The van der Waals surface area contributed by atoms with Crippen LogP contribution in [0.4, 0.5) is 5.82 Å². The van der Waals surface area contributed by atoms with E-state index in [9.17, 15) is 0 Å². The third kappa shape index (κ3) is 4.70. The Morgan fingerprint density at radius 2 is 1.80 bits per heavy atom. The number of hydrogen-bond donors (Lipinski definition) is 1. The molecule has 25 heavy (non-hydrogen) atoms. The standard InChI is InChI=1S/C20H35N5/c1-15(2)24-10-8-17(9-11-24)21-12-16-13-25(14-16)19-7-6-18(22-23-19)20(3,4)5/h6-7,15-17,21H,8-14H2,1-5H3. The van der Waals surface area contributed by atoms with E-state index in [1.165, 1.54) is 25.9 Å². The molecule has 3 rings (SSSR count). The Labute approximate surface area is 153 Å². The molecule has 0 atom stereocenters. The fourth-order valence-corrected chi connectivity index (χ4v) is 3.73. The number of likely N-dealkylation sites (tertiary alicyclic amines) is 1. The van der Waals surface area contributed by atoms with E-state index in [-0.39, 0.29) is 5.41 Å². The maximum atomic E-state index is 4.43. The highest BCUT2D eigenvalue weighted by Crippen LogP contribution is 2.25.